The number of carbonyl (C=O) groups is 1. The minimum Gasteiger partial charge on any atom is -0.352 e. The molecule has 0 unspecified atom stereocenters. The maximum atomic E-state index is 12.9. The lowest BCUT2D eigenvalue weighted by atomic mass is 10.2. The highest BCUT2D eigenvalue weighted by Crippen LogP contribution is 2.21. The number of nitrogens with zero attached hydrogens (tertiary/aromatic N) is 2. The average molecular weight is 424 g/mol. The van der Waals surface area contributed by atoms with Gasteiger partial charge in [-0.1, -0.05) is 53.5 Å². The molecule has 0 aliphatic heterocycles. The van der Waals surface area contributed by atoms with Crippen LogP contribution in [0.15, 0.2) is 45.3 Å². The van der Waals surface area contributed by atoms with Gasteiger partial charge in [-0.15, -0.1) is 6.58 Å². The number of unbranched alkanes of at least 4 members (excludes halogenated alkanes) is 2. The molecule has 1 heterocycles. The van der Waals surface area contributed by atoms with Crippen LogP contribution in [0.1, 0.15) is 26.2 Å². The molecule has 0 aliphatic carbocycles. The van der Waals surface area contributed by atoms with Gasteiger partial charge < -0.3 is 5.32 Å². The Hall–Kier alpha value is -1.60. The maximum Gasteiger partial charge on any atom is 0.262 e. The molecular weight excluding hydrogens is 402 g/mol. The fourth-order valence-electron chi connectivity index (χ4n) is 2.37. The van der Waals surface area contributed by atoms with Gasteiger partial charge in [0.2, 0.25) is 5.91 Å². The number of amides is 1. The number of halogens is 1. The van der Waals surface area contributed by atoms with Crippen LogP contribution < -0.4 is 10.9 Å². The van der Waals surface area contributed by atoms with Crippen LogP contribution in [0.5, 0.6) is 0 Å². The molecular formula is C18H22BrN3O2S. The quantitative estimate of drug-likeness (QED) is 0.288. The third-order valence-electron chi connectivity index (χ3n) is 3.64. The first-order valence-electron chi connectivity index (χ1n) is 8.27. The van der Waals surface area contributed by atoms with Crippen molar-refractivity contribution >= 4 is 44.5 Å². The lowest BCUT2D eigenvalue weighted by Gasteiger charge is -2.13. The van der Waals surface area contributed by atoms with Crippen LogP contribution >= 0.6 is 27.7 Å². The summed E-state index contributed by atoms with van der Waals surface area (Å²) < 4.78 is 2.54. The Kier molecular flexibility index (Phi) is 7.71. The number of fused-ring (bicyclic) bond motifs is 1. The van der Waals surface area contributed by atoms with E-state index in [0.717, 1.165) is 23.7 Å². The van der Waals surface area contributed by atoms with Crippen molar-refractivity contribution in [1.82, 2.24) is 14.9 Å². The van der Waals surface area contributed by atoms with Gasteiger partial charge in [-0.2, -0.15) is 0 Å². The minimum atomic E-state index is -0.102. The SMILES string of the molecule is C=CCNC(=O)CSc1nc2ccc(Br)cc2c(=O)n1CCCCC. The smallest absolute Gasteiger partial charge is 0.262 e. The molecule has 2 rings (SSSR count). The molecule has 0 bridgehead atoms. The standard InChI is InChI=1S/C18H22BrN3O2S/c1-3-5-6-10-22-17(24)14-11-13(19)7-8-15(14)21-18(22)25-12-16(23)20-9-4-2/h4,7-8,11H,2-3,5-6,9-10,12H2,1H3,(H,20,23). The molecule has 0 aliphatic rings. The van der Waals surface area contributed by atoms with Crippen LogP contribution in [-0.2, 0) is 11.3 Å². The normalized spacial score (nSPS) is 10.8. The Balaban J connectivity index is 2.33. The van der Waals surface area contributed by atoms with Crippen LogP contribution in [0.2, 0.25) is 0 Å². The molecule has 5 nitrogen and oxygen atoms in total. The topological polar surface area (TPSA) is 64.0 Å². The molecule has 0 saturated heterocycles. The van der Waals surface area contributed by atoms with E-state index in [9.17, 15) is 9.59 Å². The van der Waals surface area contributed by atoms with Gasteiger partial charge in [0.15, 0.2) is 5.16 Å². The molecule has 1 aromatic carbocycles. The van der Waals surface area contributed by atoms with Crippen molar-refractivity contribution in [2.75, 3.05) is 12.3 Å². The van der Waals surface area contributed by atoms with Gasteiger partial charge in [0, 0.05) is 17.6 Å². The van der Waals surface area contributed by atoms with E-state index in [1.165, 1.54) is 11.8 Å². The molecule has 0 fully saturated rings. The number of hydrogen-bond acceptors (Lipinski definition) is 4. The Morgan fingerprint density at radius 3 is 2.96 bits per heavy atom. The Labute approximate surface area is 160 Å². The Bertz CT molecular complexity index is 820. The largest absolute Gasteiger partial charge is 0.352 e. The number of rotatable bonds is 9. The van der Waals surface area contributed by atoms with Gasteiger partial charge in [0.1, 0.15) is 0 Å². The number of benzene rings is 1. The Morgan fingerprint density at radius 2 is 2.24 bits per heavy atom. The maximum absolute atomic E-state index is 12.9. The van der Waals surface area contributed by atoms with Crippen molar-refractivity contribution in [3.63, 3.8) is 0 Å². The van der Waals surface area contributed by atoms with Crippen LogP contribution in [0, 0.1) is 0 Å². The van der Waals surface area contributed by atoms with Crippen LogP contribution in [-0.4, -0.2) is 27.8 Å². The zero-order valence-corrected chi connectivity index (χ0v) is 16.7. The number of aromatic nitrogens is 2. The fraction of sp³-hybridized carbons (Fsp3) is 0.389. The second-order valence-electron chi connectivity index (χ2n) is 5.60. The van der Waals surface area contributed by atoms with E-state index in [1.54, 1.807) is 16.7 Å². The van der Waals surface area contributed by atoms with Crippen molar-refractivity contribution in [1.29, 1.82) is 0 Å². The van der Waals surface area contributed by atoms with Crippen LogP contribution in [0.25, 0.3) is 10.9 Å². The van der Waals surface area contributed by atoms with E-state index in [4.69, 9.17) is 0 Å². The highest BCUT2D eigenvalue weighted by atomic mass is 79.9. The summed E-state index contributed by atoms with van der Waals surface area (Å²) in [5.74, 6) is 0.117. The molecule has 0 spiro atoms. The van der Waals surface area contributed by atoms with Crippen molar-refractivity contribution < 1.29 is 4.79 Å². The summed E-state index contributed by atoms with van der Waals surface area (Å²) in [5.41, 5.74) is 0.588. The number of hydrogen-bond donors (Lipinski definition) is 1. The zero-order chi connectivity index (χ0) is 18.2. The van der Waals surface area contributed by atoms with E-state index in [-0.39, 0.29) is 17.2 Å². The van der Waals surface area contributed by atoms with E-state index >= 15 is 0 Å². The molecule has 2 aromatic rings. The number of nitrogens with one attached hydrogen (secondary N) is 1. The van der Waals surface area contributed by atoms with E-state index in [0.29, 0.717) is 29.1 Å². The summed E-state index contributed by atoms with van der Waals surface area (Å²) >= 11 is 4.70. The van der Waals surface area contributed by atoms with Gasteiger partial charge in [-0.25, -0.2) is 4.98 Å². The summed E-state index contributed by atoms with van der Waals surface area (Å²) in [5, 5.41) is 3.91. The van der Waals surface area contributed by atoms with E-state index in [2.05, 4.69) is 39.7 Å². The molecule has 0 radical (unpaired) electrons. The molecule has 0 atom stereocenters. The minimum absolute atomic E-state index is 0.0589. The number of thioether (sulfide) groups is 1. The van der Waals surface area contributed by atoms with Crippen molar-refractivity contribution in [2.45, 2.75) is 37.9 Å². The molecule has 0 saturated carbocycles. The highest BCUT2D eigenvalue weighted by Gasteiger charge is 2.13. The third-order valence-corrected chi connectivity index (χ3v) is 5.11. The second-order valence-corrected chi connectivity index (χ2v) is 7.46. The molecule has 134 valence electrons. The van der Waals surface area contributed by atoms with Gasteiger partial charge in [0.25, 0.3) is 5.56 Å². The second kappa shape index (κ2) is 9.77. The molecule has 1 amide bonds. The van der Waals surface area contributed by atoms with Gasteiger partial charge in [-0.05, 0) is 24.6 Å². The first-order valence-corrected chi connectivity index (χ1v) is 10.0. The first kappa shape index (κ1) is 19.7. The number of carbonyl (C=O) groups excluding carboxylic acids is 1. The van der Waals surface area contributed by atoms with Crippen molar-refractivity contribution in [3.8, 4) is 0 Å². The third kappa shape index (κ3) is 5.44. The highest BCUT2D eigenvalue weighted by molar-refractivity contribution is 9.10. The van der Waals surface area contributed by atoms with E-state index in [1.807, 2.05) is 12.1 Å². The molecule has 25 heavy (non-hydrogen) atoms. The molecule has 1 N–H and O–H groups in total. The average Bonchev–Trinajstić information content (AvgIpc) is 2.61. The van der Waals surface area contributed by atoms with Gasteiger partial charge >= 0.3 is 0 Å². The predicted molar refractivity (Wildman–Crippen MR) is 107 cm³/mol. The van der Waals surface area contributed by atoms with Crippen molar-refractivity contribution in [2.24, 2.45) is 0 Å². The van der Waals surface area contributed by atoms with Gasteiger partial charge in [-0.3, -0.25) is 14.2 Å². The molecule has 1 aromatic heterocycles. The zero-order valence-electron chi connectivity index (χ0n) is 14.3. The first-order chi connectivity index (χ1) is 12.1. The van der Waals surface area contributed by atoms with Crippen LogP contribution in [0.4, 0.5) is 0 Å². The summed E-state index contributed by atoms with van der Waals surface area (Å²) in [6.07, 6.45) is 4.67. The summed E-state index contributed by atoms with van der Waals surface area (Å²) in [4.78, 5) is 29.3. The van der Waals surface area contributed by atoms with Crippen molar-refractivity contribution in [3.05, 3.63) is 45.7 Å². The Morgan fingerprint density at radius 1 is 1.44 bits per heavy atom. The lowest BCUT2D eigenvalue weighted by Crippen LogP contribution is -2.27. The summed E-state index contributed by atoms with van der Waals surface area (Å²) in [6, 6.07) is 5.48. The van der Waals surface area contributed by atoms with E-state index < -0.39 is 0 Å². The van der Waals surface area contributed by atoms with Crippen LogP contribution in [0.3, 0.4) is 0 Å². The lowest BCUT2D eigenvalue weighted by molar-refractivity contribution is -0.118. The van der Waals surface area contributed by atoms with Gasteiger partial charge in [0.05, 0.1) is 16.7 Å². The molecule has 7 heteroatoms. The summed E-state index contributed by atoms with van der Waals surface area (Å²) in [7, 11) is 0. The summed E-state index contributed by atoms with van der Waals surface area (Å²) in [6.45, 7) is 6.74. The monoisotopic (exact) mass is 423 g/mol. The fourth-order valence-corrected chi connectivity index (χ4v) is 3.58. The predicted octanol–water partition coefficient (Wildman–Crippen LogP) is 3.74.